The van der Waals surface area contributed by atoms with Crippen molar-refractivity contribution in [3.8, 4) is 11.4 Å². The van der Waals surface area contributed by atoms with Gasteiger partial charge in [0.15, 0.2) is 9.84 Å². The largest absolute Gasteiger partial charge is 0.338 e. The molecule has 2 aromatic heterocycles. The Bertz CT molecular complexity index is 761. The predicted octanol–water partition coefficient (Wildman–Crippen LogP) is 1.92. The average molecular weight is 350 g/mol. The molecule has 0 N–H and O–H groups in total. The molecule has 0 spiro atoms. The highest BCUT2D eigenvalue weighted by Gasteiger charge is 2.32. The first kappa shape index (κ1) is 17.0. The molecule has 1 atom stereocenters. The Morgan fingerprint density at radius 2 is 2.29 bits per heavy atom. The number of unbranched alkanes of at least 4 members (excludes halogenated alkanes) is 1. The first-order chi connectivity index (χ1) is 11.6. The minimum atomic E-state index is -2.91. The number of sulfone groups is 1. The van der Waals surface area contributed by atoms with Crippen LogP contribution in [0.1, 0.15) is 32.1 Å². The summed E-state index contributed by atoms with van der Waals surface area (Å²) in [4.78, 5) is 10.6. The summed E-state index contributed by atoms with van der Waals surface area (Å²) < 4.78 is 28.9. The molecule has 8 heteroatoms. The molecule has 1 unspecified atom stereocenters. The van der Waals surface area contributed by atoms with Gasteiger partial charge in [0.1, 0.15) is 0 Å². The molecule has 0 aromatic carbocycles. The molecule has 3 heterocycles. The van der Waals surface area contributed by atoms with Gasteiger partial charge in [0.25, 0.3) is 0 Å². The molecule has 0 radical (unpaired) electrons. The fourth-order valence-corrected chi connectivity index (χ4v) is 4.68. The van der Waals surface area contributed by atoms with E-state index in [0.717, 1.165) is 24.9 Å². The predicted molar refractivity (Wildman–Crippen MR) is 89.9 cm³/mol. The number of aromatic nitrogens is 3. The Morgan fingerprint density at radius 1 is 1.42 bits per heavy atom. The van der Waals surface area contributed by atoms with Crippen LogP contribution in [0.3, 0.4) is 0 Å². The van der Waals surface area contributed by atoms with Crippen LogP contribution < -0.4 is 0 Å². The Balaban J connectivity index is 1.72. The van der Waals surface area contributed by atoms with Crippen molar-refractivity contribution in [1.82, 2.24) is 20.0 Å². The van der Waals surface area contributed by atoms with E-state index in [4.69, 9.17) is 4.52 Å². The molecule has 1 fully saturated rings. The standard InChI is InChI=1S/C16H22N4O3S/c1-2-3-8-20(14-6-9-24(21,22)12-14)11-15-18-16(19-23-15)13-5-4-7-17-10-13/h4-5,7,10,14H,2-3,6,8-9,11-12H2,1H3. The van der Waals surface area contributed by atoms with E-state index in [1.165, 1.54) is 0 Å². The third-order valence-corrected chi connectivity index (χ3v) is 6.00. The van der Waals surface area contributed by atoms with Crippen molar-refractivity contribution in [3.05, 3.63) is 30.4 Å². The smallest absolute Gasteiger partial charge is 0.241 e. The number of nitrogens with zero attached hydrogens (tertiary/aromatic N) is 4. The third kappa shape index (κ3) is 4.18. The van der Waals surface area contributed by atoms with Crippen molar-refractivity contribution in [1.29, 1.82) is 0 Å². The number of hydrogen-bond acceptors (Lipinski definition) is 7. The van der Waals surface area contributed by atoms with E-state index in [0.29, 0.717) is 24.7 Å². The van der Waals surface area contributed by atoms with Crippen molar-refractivity contribution in [2.75, 3.05) is 18.1 Å². The second-order valence-corrected chi connectivity index (χ2v) is 8.36. The van der Waals surface area contributed by atoms with Gasteiger partial charge in [-0.2, -0.15) is 4.98 Å². The Hall–Kier alpha value is -1.80. The molecular weight excluding hydrogens is 328 g/mol. The van der Waals surface area contributed by atoms with E-state index in [2.05, 4.69) is 26.9 Å². The molecule has 0 saturated carbocycles. The summed E-state index contributed by atoms with van der Waals surface area (Å²) >= 11 is 0. The molecule has 24 heavy (non-hydrogen) atoms. The maximum atomic E-state index is 11.8. The Kier molecular flexibility index (Phi) is 5.25. The van der Waals surface area contributed by atoms with Crippen molar-refractivity contribution in [2.24, 2.45) is 0 Å². The zero-order valence-corrected chi connectivity index (χ0v) is 14.6. The second kappa shape index (κ2) is 7.40. The maximum Gasteiger partial charge on any atom is 0.241 e. The summed E-state index contributed by atoms with van der Waals surface area (Å²) in [6, 6.07) is 3.73. The maximum absolute atomic E-state index is 11.8. The van der Waals surface area contributed by atoms with Gasteiger partial charge in [0.2, 0.25) is 11.7 Å². The highest BCUT2D eigenvalue weighted by molar-refractivity contribution is 7.91. The van der Waals surface area contributed by atoms with Crippen LogP contribution in [0.15, 0.2) is 29.0 Å². The van der Waals surface area contributed by atoms with E-state index >= 15 is 0 Å². The Labute approximate surface area is 142 Å². The highest BCUT2D eigenvalue weighted by atomic mass is 32.2. The molecule has 2 aromatic rings. The molecule has 0 amide bonds. The number of rotatable bonds is 7. The summed E-state index contributed by atoms with van der Waals surface area (Å²) in [5.74, 6) is 1.51. The van der Waals surface area contributed by atoms with E-state index in [1.807, 2.05) is 12.1 Å². The number of pyridine rings is 1. The molecule has 1 aliphatic rings. The third-order valence-electron chi connectivity index (χ3n) is 4.25. The summed E-state index contributed by atoms with van der Waals surface area (Å²) in [5, 5.41) is 4.00. The fraction of sp³-hybridized carbons (Fsp3) is 0.562. The molecule has 130 valence electrons. The highest BCUT2D eigenvalue weighted by Crippen LogP contribution is 2.21. The summed E-state index contributed by atoms with van der Waals surface area (Å²) in [5.41, 5.74) is 0.802. The minimum Gasteiger partial charge on any atom is -0.338 e. The molecule has 1 saturated heterocycles. The van der Waals surface area contributed by atoms with Gasteiger partial charge in [-0.05, 0) is 31.5 Å². The first-order valence-electron chi connectivity index (χ1n) is 8.25. The lowest BCUT2D eigenvalue weighted by Crippen LogP contribution is -2.36. The van der Waals surface area contributed by atoms with Crippen molar-refractivity contribution in [3.63, 3.8) is 0 Å². The van der Waals surface area contributed by atoms with Crippen LogP contribution in [-0.2, 0) is 16.4 Å². The second-order valence-electron chi connectivity index (χ2n) is 6.13. The molecule has 1 aliphatic heterocycles. The Morgan fingerprint density at radius 3 is 2.96 bits per heavy atom. The van der Waals surface area contributed by atoms with Gasteiger partial charge in [-0.25, -0.2) is 8.42 Å². The summed E-state index contributed by atoms with van der Waals surface area (Å²) in [6.07, 6.45) is 6.13. The van der Waals surface area contributed by atoms with Crippen LogP contribution in [0.25, 0.3) is 11.4 Å². The lowest BCUT2D eigenvalue weighted by Gasteiger charge is -2.26. The molecule has 0 aliphatic carbocycles. The zero-order chi connectivity index (χ0) is 17.0. The van der Waals surface area contributed by atoms with Crippen LogP contribution in [0, 0.1) is 0 Å². The zero-order valence-electron chi connectivity index (χ0n) is 13.8. The van der Waals surface area contributed by atoms with E-state index in [-0.39, 0.29) is 17.5 Å². The lowest BCUT2D eigenvalue weighted by molar-refractivity contribution is 0.175. The van der Waals surface area contributed by atoms with E-state index < -0.39 is 9.84 Å². The number of hydrogen-bond donors (Lipinski definition) is 0. The van der Waals surface area contributed by atoms with Crippen LogP contribution in [0.2, 0.25) is 0 Å². The van der Waals surface area contributed by atoms with Gasteiger partial charge in [-0.15, -0.1) is 0 Å². The van der Waals surface area contributed by atoms with Crippen LogP contribution >= 0.6 is 0 Å². The van der Waals surface area contributed by atoms with E-state index in [1.54, 1.807) is 12.4 Å². The minimum absolute atomic E-state index is 0.0373. The van der Waals surface area contributed by atoms with Gasteiger partial charge < -0.3 is 4.52 Å². The van der Waals surface area contributed by atoms with Crippen molar-refractivity contribution in [2.45, 2.75) is 38.8 Å². The van der Waals surface area contributed by atoms with Gasteiger partial charge in [-0.1, -0.05) is 18.5 Å². The van der Waals surface area contributed by atoms with Crippen molar-refractivity contribution >= 4 is 9.84 Å². The summed E-state index contributed by atoms with van der Waals surface area (Å²) in [6.45, 7) is 3.44. The van der Waals surface area contributed by atoms with Gasteiger partial charge in [0, 0.05) is 24.0 Å². The molecule has 7 nitrogen and oxygen atoms in total. The molecule has 0 bridgehead atoms. The summed E-state index contributed by atoms with van der Waals surface area (Å²) in [7, 11) is -2.91. The van der Waals surface area contributed by atoms with Crippen LogP contribution in [0.5, 0.6) is 0 Å². The fourth-order valence-electron chi connectivity index (χ4n) is 2.92. The topological polar surface area (TPSA) is 89.2 Å². The van der Waals surface area contributed by atoms with Gasteiger partial charge >= 0.3 is 0 Å². The molecule has 3 rings (SSSR count). The lowest BCUT2D eigenvalue weighted by atomic mass is 10.2. The average Bonchev–Trinajstić information content (AvgIpc) is 3.18. The van der Waals surface area contributed by atoms with Gasteiger partial charge in [0.05, 0.1) is 18.1 Å². The van der Waals surface area contributed by atoms with Crippen LogP contribution in [0.4, 0.5) is 0 Å². The van der Waals surface area contributed by atoms with E-state index in [9.17, 15) is 8.42 Å². The van der Waals surface area contributed by atoms with Crippen LogP contribution in [-0.4, -0.2) is 52.5 Å². The quantitative estimate of drug-likeness (QED) is 0.753. The monoisotopic (exact) mass is 350 g/mol. The first-order valence-corrected chi connectivity index (χ1v) is 10.1. The SMILES string of the molecule is CCCCN(Cc1nc(-c2cccnc2)no1)C1CCS(=O)(=O)C1. The molecular formula is C16H22N4O3S. The van der Waals surface area contributed by atoms with Crippen molar-refractivity contribution < 1.29 is 12.9 Å². The van der Waals surface area contributed by atoms with Gasteiger partial charge in [-0.3, -0.25) is 9.88 Å². The normalized spacial score (nSPS) is 19.8.